The first-order chi connectivity index (χ1) is 17.7. The van der Waals surface area contributed by atoms with Gasteiger partial charge in [0.2, 0.25) is 0 Å². The molecule has 0 spiro atoms. The number of ether oxygens (including phenoxy) is 1. The second kappa shape index (κ2) is 11.1. The van der Waals surface area contributed by atoms with E-state index in [1.165, 1.54) is 5.56 Å². The smallest absolute Gasteiger partial charge is 0.274 e. The van der Waals surface area contributed by atoms with Crippen molar-refractivity contribution in [3.05, 3.63) is 113 Å². The zero-order chi connectivity index (χ0) is 26.4. The van der Waals surface area contributed by atoms with Gasteiger partial charge in [-0.1, -0.05) is 81.4 Å². The summed E-state index contributed by atoms with van der Waals surface area (Å²) in [6, 6.07) is 28.1. The van der Waals surface area contributed by atoms with E-state index < -0.39 is 5.91 Å². The van der Waals surface area contributed by atoms with Gasteiger partial charge in [0, 0.05) is 16.6 Å². The number of carbonyl (C=O) groups excluding carboxylic acids is 2. The van der Waals surface area contributed by atoms with Gasteiger partial charge in [0.05, 0.1) is 5.57 Å². The van der Waals surface area contributed by atoms with Crippen LogP contribution in [-0.2, 0) is 10.2 Å². The third-order valence-corrected chi connectivity index (χ3v) is 6.05. The Balaban J connectivity index is 1.60. The number of hydroxylamine groups is 1. The standard InChI is InChI=1S/C31H30N2O4/c1-31(2,3)25-15-17-26(18-16-25)32-29(34)24(19-21-11-13-23(14-12-21)30(35)33-36)20-37-28-10-6-8-22-7-4-5-9-27(22)28/h4-19,36H,20H2,1-3H3,(H,32,34)(H,33,35). The lowest BCUT2D eigenvalue weighted by Gasteiger charge is -2.19. The molecule has 4 aromatic rings. The first kappa shape index (κ1) is 25.7. The molecule has 0 aliphatic heterocycles. The van der Waals surface area contributed by atoms with Crippen molar-refractivity contribution in [1.29, 1.82) is 0 Å². The topological polar surface area (TPSA) is 87.7 Å². The molecule has 0 aliphatic rings. The van der Waals surface area contributed by atoms with Gasteiger partial charge in [-0.25, -0.2) is 5.48 Å². The summed E-state index contributed by atoms with van der Waals surface area (Å²) in [5.74, 6) is -0.214. The number of carbonyl (C=O) groups is 2. The van der Waals surface area contributed by atoms with Crippen LogP contribution in [0.4, 0.5) is 5.69 Å². The predicted octanol–water partition coefficient (Wildman–Crippen LogP) is 6.36. The normalized spacial score (nSPS) is 11.7. The fourth-order valence-corrected chi connectivity index (χ4v) is 3.91. The SMILES string of the molecule is CC(C)(C)c1ccc(NC(=O)C(=Cc2ccc(C(=O)NO)cc2)COc2cccc3ccccc23)cc1. The number of fused-ring (bicyclic) bond motifs is 1. The highest BCUT2D eigenvalue weighted by Gasteiger charge is 2.15. The molecule has 4 rings (SSSR count). The lowest BCUT2D eigenvalue weighted by atomic mass is 9.87. The Labute approximate surface area is 216 Å². The molecule has 188 valence electrons. The molecule has 0 heterocycles. The van der Waals surface area contributed by atoms with E-state index in [4.69, 9.17) is 9.94 Å². The minimum Gasteiger partial charge on any atom is -0.488 e. The first-order valence-electron chi connectivity index (χ1n) is 12.0. The summed E-state index contributed by atoms with van der Waals surface area (Å²) in [7, 11) is 0. The molecule has 0 aliphatic carbocycles. The zero-order valence-corrected chi connectivity index (χ0v) is 21.1. The summed E-state index contributed by atoms with van der Waals surface area (Å²) in [6.07, 6.45) is 1.73. The third kappa shape index (κ3) is 6.42. The van der Waals surface area contributed by atoms with E-state index in [1.54, 1.807) is 35.8 Å². The van der Waals surface area contributed by atoms with Crippen LogP contribution >= 0.6 is 0 Å². The van der Waals surface area contributed by atoms with Crippen molar-refractivity contribution in [2.45, 2.75) is 26.2 Å². The summed E-state index contributed by atoms with van der Waals surface area (Å²) >= 11 is 0. The minimum absolute atomic E-state index is 0.0129. The summed E-state index contributed by atoms with van der Waals surface area (Å²) < 4.78 is 6.13. The van der Waals surface area contributed by atoms with Crippen LogP contribution in [0.1, 0.15) is 42.3 Å². The van der Waals surface area contributed by atoms with Gasteiger partial charge in [-0.15, -0.1) is 0 Å². The molecule has 0 saturated heterocycles. The maximum absolute atomic E-state index is 13.3. The van der Waals surface area contributed by atoms with Gasteiger partial charge in [-0.3, -0.25) is 14.8 Å². The van der Waals surface area contributed by atoms with Gasteiger partial charge in [0.15, 0.2) is 0 Å². The molecule has 6 nitrogen and oxygen atoms in total. The van der Waals surface area contributed by atoms with Crippen molar-refractivity contribution >= 4 is 34.4 Å². The van der Waals surface area contributed by atoms with Crippen molar-refractivity contribution < 1.29 is 19.5 Å². The van der Waals surface area contributed by atoms with Crippen LogP contribution in [0.15, 0.2) is 96.6 Å². The quantitative estimate of drug-likeness (QED) is 0.159. The number of rotatable bonds is 7. The maximum Gasteiger partial charge on any atom is 0.274 e. The molecule has 0 saturated carbocycles. The molecule has 0 atom stereocenters. The molecular weight excluding hydrogens is 464 g/mol. The van der Waals surface area contributed by atoms with Gasteiger partial charge >= 0.3 is 0 Å². The van der Waals surface area contributed by atoms with E-state index in [9.17, 15) is 9.59 Å². The van der Waals surface area contributed by atoms with Crippen molar-refractivity contribution in [1.82, 2.24) is 5.48 Å². The van der Waals surface area contributed by atoms with Crippen LogP contribution < -0.4 is 15.5 Å². The lowest BCUT2D eigenvalue weighted by Crippen LogP contribution is -2.20. The largest absolute Gasteiger partial charge is 0.488 e. The fraction of sp³-hybridized carbons (Fsp3) is 0.161. The van der Waals surface area contributed by atoms with Crippen LogP contribution in [0.2, 0.25) is 0 Å². The van der Waals surface area contributed by atoms with E-state index in [-0.39, 0.29) is 17.9 Å². The van der Waals surface area contributed by atoms with Crippen molar-refractivity contribution in [3.8, 4) is 5.75 Å². The van der Waals surface area contributed by atoms with Gasteiger partial charge in [-0.05, 0) is 58.3 Å². The molecule has 0 radical (unpaired) electrons. The molecular formula is C31H30N2O4. The molecule has 2 amide bonds. The Hall–Kier alpha value is -4.42. The molecule has 37 heavy (non-hydrogen) atoms. The van der Waals surface area contributed by atoms with Crippen LogP contribution in [0.25, 0.3) is 16.8 Å². The summed E-state index contributed by atoms with van der Waals surface area (Å²) in [6.45, 7) is 6.46. The highest BCUT2D eigenvalue weighted by molar-refractivity contribution is 6.07. The van der Waals surface area contributed by atoms with Crippen molar-refractivity contribution in [3.63, 3.8) is 0 Å². The average Bonchev–Trinajstić information content (AvgIpc) is 2.90. The van der Waals surface area contributed by atoms with Crippen LogP contribution in [-0.4, -0.2) is 23.6 Å². The van der Waals surface area contributed by atoms with Crippen molar-refractivity contribution in [2.24, 2.45) is 0 Å². The maximum atomic E-state index is 13.3. The highest BCUT2D eigenvalue weighted by Crippen LogP contribution is 2.27. The van der Waals surface area contributed by atoms with Crippen LogP contribution in [0.5, 0.6) is 5.75 Å². The molecule has 0 unspecified atom stereocenters. The highest BCUT2D eigenvalue weighted by atomic mass is 16.5. The Morgan fingerprint density at radius 2 is 1.54 bits per heavy atom. The Kier molecular flexibility index (Phi) is 7.70. The van der Waals surface area contributed by atoms with Crippen LogP contribution in [0.3, 0.4) is 0 Å². The molecule has 4 aromatic carbocycles. The van der Waals surface area contributed by atoms with E-state index in [2.05, 4.69) is 26.1 Å². The molecule has 0 aromatic heterocycles. The molecule has 6 heteroatoms. The molecule has 0 bridgehead atoms. The van der Waals surface area contributed by atoms with E-state index in [0.717, 1.165) is 10.8 Å². The van der Waals surface area contributed by atoms with Gasteiger partial charge in [0.25, 0.3) is 11.8 Å². The zero-order valence-electron chi connectivity index (χ0n) is 21.1. The molecule has 0 fully saturated rings. The number of nitrogens with one attached hydrogen (secondary N) is 2. The van der Waals surface area contributed by atoms with E-state index in [1.807, 2.05) is 66.7 Å². The van der Waals surface area contributed by atoms with Gasteiger partial charge < -0.3 is 10.1 Å². The number of amides is 2. The monoisotopic (exact) mass is 494 g/mol. The fourth-order valence-electron chi connectivity index (χ4n) is 3.91. The summed E-state index contributed by atoms with van der Waals surface area (Å²) in [4.78, 5) is 25.0. The Morgan fingerprint density at radius 1 is 0.865 bits per heavy atom. The van der Waals surface area contributed by atoms with Crippen molar-refractivity contribution in [2.75, 3.05) is 11.9 Å². The second-order valence-corrected chi connectivity index (χ2v) is 9.78. The summed E-state index contributed by atoms with van der Waals surface area (Å²) in [5, 5.41) is 13.8. The summed E-state index contributed by atoms with van der Waals surface area (Å²) in [5.41, 5.74) is 4.91. The lowest BCUT2D eigenvalue weighted by molar-refractivity contribution is -0.113. The minimum atomic E-state index is -0.605. The Morgan fingerprint density at radius 3 is 2.22 bits per heavy atom. The van der Waals surface area contributed by atoms with Crippen LogP contribution in [0, 0.1) is 0 Å². The third-order valence-electron chi connectivity index (χ3n) is 6.05. The van der Waals surface area contributed by atoms with Gasteiger partial charge in [-0.2, -0.15) is 0 Å². The second-order valence-electron chi connectivity index (χ2n) is 9.78. The average molecular weight is 495 g/mol. The molecule has 3 N–H and O–H groups in total. The van der Waals surface area contributed by atoms with E-state index in [0.29, 0.717) is 28.1 Å². The first-order valence-corrected chi connectivity index (χ1v) is 12.0. The number of hydrogen-bond donors (Lipinski definition) is 3. The van der Waals surface area contributed by atoms with E-state index >= 15 is 0 Å². The van der Waals surface area contributed by atoms with Gasteiger partial charge in [0.1, 0.15) is 12.4 Å². The Bertz CT molecular complexity index is 1430. The number of benzene rings is 4. The number of anilines is 1. The predicted molar refractivity (Wildman–Crippen MR) is 147 cm³/mol. The number of hydrogen-bond acceptors (Lipinski definition) is 4.